The first-order valence-electron chi connectivity index (χ1n) is 4.64. The molecule has 0 aromatic carbocycles. The third-order valence-electron chi connectivity index (χ3n) is 2.52. The highest BCUT2D eigenvalue weighted by atomic mass is 79.9. The lowest BCUT2D eigenvalue weighted by molar-refractivity contribution is 0.850. The third kappa shape index (κ3) is 1.25. The van der Waals surface area contributed by atoms with Crippen LogP contribution >= 0.6 is 15.9 Å². The Morgan fingerprint density at radius 3 is 2.79 bits per heavy atom. The van der Waals surface area contributed by atoms with Crippen LogP contribution in [-0.2, 0) is 6.42 Å². The molecular formula is C10H12BrN3. The molecule has 0 aliphatic heterocycles. The van der Waals surface area contributed by atoms with Crippen molar-refractivity contribution >= 4 is 21.6 Å². The SMILES string of the molecule is CCc1c(C)nc2c(Br)cnn2c1C. The highest BCUT2D eigenvalue weighted by Gasteiger charge is 2.10. The number of halogens is 1. The van der Waals surface area contributed by atoms with Gasteiger partial charge in [-0.05, 0) is 41.8 Å². The summed E-state index contributed by atoms with van der Waals surface area (Å²) < 4.78 is 2.84. The average Bonchev–Trinajstić information content (AvgIpc) is 2.49. The van der Waals surface area contributed by atoms with Gasteiger partial charge in [0.05, 0.1) is 10.7 Å². The first kappa shape index (κ1) is 9.65. The molecule has 0 N–H and O–H groups in total. The van der Waals surface area contributed by atoms with Crippen molar-refractivity contribution in [1.29, 1.82) is 0 Å². The van der Waals surface area contributed by atoms with Crippen LogP contribution in [-0.4, -0.2) is 14.6 Å². The number of nitrogens with zero attached hydrogens (tertiary/aromatic N) is 3. The van der Waals surface area contributed by atoms with Gasteiger partial charge in [-0.1, -0.05) is 6.92 Å². The summed E-state index contributed by atoms with van der Waals surface area (Å²) in [5, 5.41) is 4.27. The van der Waals surface area contributed by atoms with E-state index in [-0.39, 0.29) is 0 Å². The predicted octanol–water partition coefficient (Wildman–Crippen LogP) is 2.67. The van der Waals surface area contributed by atoms with Crippen LogP contribution in [0, 0.1) is 13.8 Å². The Balaban J connectivity index is 2.87. The highest BCUT2D eigenvalue weighted by Crippen LogP contribution is 2.20. The Morgan fingerprint density at radius 2 is 2.14 bits per heavy atom. The minimum absolute atomic E-state index is 0.900. The molecule has 0 saturated carbocycles. The molecule has 0 bridgehead atoms. The van der Waals surface area contributed by atoms with Gasteiger partial charge in [0.2, 0.25) is 0 Å². The average molecular weight is 254 g/mol. The van der Waals surface area contributed by atoms with E-state index in [1.54, 1.807) is 6.20 Å². The van der Waals surface area contributed by atoms with E-state index in [4.69, 9.17) is 0 Å². The molecular weight excluding hydrogens is 242 g/mol. The molecule has 14 heavy (non-hydrogen) atoms. The van der Waals surface area contributed by atoms with E-state index in [1.165, 1.54) is 11.3 Å². The fraction of sp³-hybridized carbons (Fsp3) is 0.400. The minimum Gasteiger partial charge on any atom is -0.233 e. The number of hydrogen-bond donors (Lipinski definition) is 0. The molecule has 0 saturated heterocycles. The van der Waals surface area contributed by atoms with Gasteiger partial charge in [-0.15, -0.1) is 0 Å². The molecule has 2 heterocycles. The van der Waals surface area contributed by atoms with E-state index < -0.39 is 0 Å². The Labute approximate surface area is 91.3 Å². The molecule has 0 radical (unpaired) electrons. The highest BCUT2D eigenvalue weighted by molar-refractivity contribution is 9.10. The summed E-state index contributed by atoms with van der Waals surface area (Å²) in [6, 6.07) is 0. The monoisotopic (exact) mass is 253 g/mol. The number of rotatable bonds is 1. The lowest BCUT2D eigenvalue weighted by Gasteiger charge is -2.08. The van der Waals surface area contributed by atoms with Crippen molar-refractivity contribution in [3.05, 3.63) is 27.6 Å². The van der Waals surface area contributed by atoms with E-state index in [0.29, 0.717) is 0 Å². The van der Waals surface area contributed by atoms with Gasteiger partial charge in [-0.25, -0.2) is 9.50 Å². The third-order valence-corrected chi connectivity index (χ3v) is 3.08. The lowest BCUT2D eigenvalue weighted by atomic mass is 10.1. The van der Waals surface area contributed by atoms with Crippen molar-refractivity contribution in [3.63, 3.8) is 0 Å². The maximum atomic E-state index is 4.52. The Hall–Kier alpha value is -0.900. The molecule has 0 aliphatic rings. The predicted molar refractivity (Wildman–Crippen MR) is 59.5 cm³/mol. The molecule has 74 valence electrons. The van der Waals surface area contributed by atoms with Crippen LogP contribution in [0.5, 0.6) is 0 Å². The molecule has 4 heteroatoms. The summed E-state index contributed by atoms with van der Waals surface area (Å²) in [4.78, 5) is 4.52. The van der Waals surface area contributed by atoms with E-state index in [9.17, 15) is 0 Å². The van der Waals surface area contributed by atoms with Crippen molar-refractivity contribution in [3.8, 4) is 0 Å². The van der Waals surface area contributed by atoms with Gasteiger partial charge in [0.25, 0.3) is 0 Å². The smallest absolute Gasteiger partial charge is 0.169 e. The van der Waals surface area contributed by atoms with Gasteiger partial charge >= 0.3 is 0 Å². The second kappa shape index (κ2) is 3.35. The Kier molecular flexibility index (Phi) is 2.31. The van der Waals surface area contributed by atoms with Crippen LogP contribution in [0.15, 0.2) is 10.7 Å². The topological polar surface area (TPSA) is 30.2 Å². The van der Waals surface area contributed by atoms with Gasteiger partial charge in [0.15, 0.2) is 5.65 Å². The van der Waals surface area contributed by atoms with Gasteiger partial charge in [0.1, 0.15) is 0 Å². The standard InChI is InChI=1S/C10H12BrN3/c1-4-8-6(2)13-10-9(11)5-12-14(10)7(8)3/h5H,4H2,1-3H3. The van der Waals surface area contributed by atoms with Gasteiger partial charge < -0.3 is 0 Å². The molecule has 0 amide bonds. The van der Waals surface area contributed by atoms with Gasteiger partial charge in [-0.3, -0.25) is 0 Å². The summed E-state index contributed by atoms with van der Waals surface area (Å²) in [5.41, 5.74) is 4.46. The summed E-state index contributed by atoms with van der Waals surface area (Å²) in [7, 11) is 0. The molecule has 0 unspecified atom stereocenters. The van der Waals surface area contributed by atoms with E-state index in [2.05, 4.69) is 39.9 Å². The number of aromatic nitrogens is 3. The van der Waals surface area contributed by atoms with Crippen molar-refractivity contribution in [2.45, 2.75) is 27.2 Å². The van der Waals surface area contributed by atoms with Crippen LogP contribution in [0.4, 0.5) is 0 Å². The molecule has 0 atom stereocenters. The Bertz CT molecular complexity index is 488. The quantitative estimate of drug-likeness (QED) is 0.783. The fourth-order valence-corrected chi connectivity index (χ4v) is 2.14. The zero-order valence-electron chi connectivity index (χ0n) is 8.50. The van der Waals surface area contributed by atoms with E-state index >= 15 is 0 Å². The fourth-order valence-electron chi connectivity index (χ4n) is 1.80. The molecule has 0 aliphatic carbocycles. The minimum atomic E-state index is 0.900. The largest absolute Gasteiger partial charge is 0.233 e. The first-order valence-corrected chi connectivity index (χ1v) is 5.43. The molecule has 3 nitrogen and oxygen atoms in total. The van der Waals surface area contributed by atoms with Crippen molar-refractivity contribution in [1.82, 2.24) is 14.6 Å². The maximum absolute atomic E-state index is 4.52. The van der Waals surface area contributed by atoms with Crippen LogP contribution < -0.4 is 0 Å². The summed E-state index contributed by atoms with van der Waals surface area (Å²) >= 11 is 3.44. The van der Waals surface area contributed by atoms with E-state index in [0.717, 1.165) is 22.2 Å². The maximum Gasteiger partial charge on any atom is 0.169 e. The number of fused-ring (bicyclic) bond motifs is 1. The number of aryl methyl sites for hydroxylation is 2. The van der Waals surface area contributed by atoms with Crippen LogP contribution in [0.25, 0.3) is 5.65 Å². The van der Waals surface area contributed by atoms with Crippen molar-refractivity contribution < 1.29 is 0 Å². The van der Waals surface area contributed by atoms with Crippen LogP contribution in [0.3, 0.4) is 0 Å². The van der Waals surface area contributed by atoms with Gasteiger partial charge in [0, 0.05) is 11.4 Å². The second-order valence-electron chi connectivity index (χ2n) is 3.34. The lowest BCUT2D eigenvalue weighted by Crippen LogP contribution is -2.04. The normalized spacial score (nSPS) is 11.1. The van der Waals surface area contributed by atoms with Gasteiger partial charge in [-0.2, -0.15) is 5.10 Å². The summed E-state index contributed by atoms with van der Waals surface area (Å²) in [5.74, 6) is 0. The molecule has 2 rings (SSSR count). The Morgan fingerprint density at radius 1 is 1.43 bits per heavy atom. The zero-order valence-corrected chi connectivity index (χ0v) is 10.1. The van der Waals surface area contributed by atoms with Crippen LogP contribution in [0.2, 0.25) is 0 Å². The zero-order chi connectivity index (χ0) is 10.3. The second-order valence-corrected chi connectivity index (χ2v) is 4.20. The molecule has 0 spiro atoms. The molecule has 0 fully saturated rings. The van der Waals surface area contributed by atoms with E-state index in [1.807, 2.05) is 11.4 Å². The molecule has 2 aromatic heterocycles. The summed E-state index contributed by atoms with van der Waals surface area (Å²) in [6.45, 7) is 6.27. The van der Waals surface area contributed by atoms with Crippen molar-refractivity contribution in [2.24, 2.45) is 0 Å². The summed E-state index contributed by atoms with van der Waals surface area (Å²) in [6.07, 6.45) is 2.78. The molecule has 2 aromatic rings. The first-order chi connectivity index (χ1) is 6.65. The van der Waals surface area contributed by atoms with Crippen LogP contribution in [0.1, 0.15) is 23.9 Å². The van der Waals surface area contributed by atoms with Crippen molar-refractivity contribution in [2.75, 3.05) is 0 Å². The number of hydrogen-bond acceptors (Lipinski definition) is 2.